The van der Waals surface area contributed by atoms with Crippen molar-refractivity contribution in [1.82, 2.24) is 10.2 Å². The molecule has 8 saturated carbocycles. The van der Waals surface area contributed by atoms with Crippen molar-refractivity contribution >= 4 is 47.0 Å². The topological polar surface area (TPSA) is 122 Å². The van der Waals surface area contributed by atoms with Gasteiger partial charge in [-0.3, -0.25) is 19.2 Å². The van der Waals surface area contributed by atoms with Gasteiger partial charge in [0.25, 0.3) is 0 Å². The van der Waals surface area contributed by atoms with Gasteiger partial charge in [-0.05, 0) is 156 Å². The van der Waals surface area contributed by atoms with E-state index in [0.717, 1.165) is 79.0 Å². The monoisotopic (exact) mass is 1010 g/mol. The minimum absolute atomic E-state index is 0.00977. The van der Waals surface area contributed by atoms with Gasteiger partial charge in [-0.15, -0.1) is 0 Å². The Balaban J connectivity index is 0.000000190. The van der Waals surface area contributed by atoms with Gasteiger partial charge in [-0.1, -0.05) is 131 Å². The largest absolute Gasteiger partial charge is 0.469 e. The minimum atomic E-state index is -0.502. The zero-order valence-electron chi connectivity index (χ0n) is 45.5. The molecule has 2 amide bonds. The van der Waals surface area contributed by atoms with Crippen molar-refractivity contribution in [2.75, 3.05) is 20.8 Å². The molecule has 2 aromatic rings. The van der Waals surface area contributed by atoms with E-state index in [4.69, 9.17) is 32.7 Å². The van der Waals surface area contributed by atoms with Crippen molar-refractivity contribution in [2.24, 2.45) is 50.2 Å². The third kappa shape index (κ3) is 9.22. The van der Waals surface area contributed by atoms with Crippen LogP contribution in [0.4, 0.5) is 0 Å². The number of carbonyl (C=O) groups excluding carboxylic acids is 4. The molecule has 0 aromatic heterocycles. The van der Waals surface area contributed by atoms with Crippen molar-refractivity contribution < 1.29 is 33.8 Å². The van der Waals surface area contributed by atoms with Gasteiger partial charge in [-0.2, -0.15) is 0 Å². The van der Waals surface area contributed by atoms with Crippen LogP contribution in [0.15, 0.2) is 48.2 Å². The number of hydrogen-bond donors (Lipinski definition) is 2. The van der Waals surface area contributed by atoms with Crippen LogP contribution in [0, 0.1) is 50.2 Å². The van der Waals surface area contributed by atoms with Gasteiger partial charge in [-0.25, -0.2) is 0 Å². The summed E-state index contributed by atoms with van der Waals surface area (Å²) in [5.41, 5.74) is 4.34. The summed E-state index contributed by atoms with van der Waals surface area (Å²) < 4.78 is 9.98. The lowest BCUT2D eigenvalue weighted by atomic mass is 9.38. The van der Waals surface area contributed by atoms with Gasteiger partial charge in [0.15, 0.2) is 0 Å². The Hall–Kier alpha value is -3.40. The highest BCUT2D eigenvalue weighted by molar-refractivity contribution is 6.31. The number of hydrogen-bond acceptors (Lipinski definition) is 7. The predicted molar refractivity (Wildman–Crippen MR) is 282 cm³/mol. The maximum absolute atomic E-state index is 13.7. The molecular formula is C60H84Cl2N2O7. The first kappa shape index (κ1) is 53.9. The number of methoxy groups -OCH3 is 2. The van der Waals surface area contributed by atoms with Crippen LogP contribution in [-0.4, -0.2) is 65.7 Å². The predicted octanol–water partition coefficient (Wildman–Crippen LogP) is 12.7. The molecule has 2 aromatic carbocycles. The summed E-state index contributed by atoms with van der Waals surface area (Å²) in [6, 6.07) is 12.9. The first-order chi connectivity index (χ1) is 32.8. The number of amides is 2. The van der Waals surface area contributed by atoms with E-state index in [2.05, 4.69) is 131 Å². The number of carbonyl (C=O) groups is 4. The second-order valence-electron chi connectivity index (χ2n) is 28.0. The highest BCUT2D eigenvalue weighted by Gasteiger charge is 2.76. The number of esters is 2. The average Bonchev–Trinajstić information content (AvgIpc) is 3.54. The van der Waals surface area contributed by atoms with Crippen LogP contribution in [0.2, 0.25) is 10.0 Å². The van der Waals surface area contributed by atoms with E-state index in [1.165, 1.54) is 30.9 Å². The number of benzene rings is 2. The Morgan fingerprint density at radius 3 is 1.70 bits per heavy atom. The Morgan fingerprint density at radius 2 is 1.23 bits per heavy atom. The smallest absolute Gasteiger partial charge is 0.312 e. The van der Waals surface area contributed by atoms with Crippen LogP contribution >= 0.6 is 23.2 Å². The molecule has 1 heterocycles. The second kappa shape index (κ2) is 17.9. The fourth-order valence-corrected chi connectivity index (χ4v) is 15.7. The summed E-state index contributed by atoms with van der Waals surface area (Å²) in [6.07, 6.45) is 12.8. The normalized spacial score (nSPS) is 34.8. The molecule has 0 saturated heterocycles. The van der Waals surface area contributed by atoms with E-state index in [0.29, 0.717) is 38.0 Å². The lowest BCUT2D eigenvalue weighted by Gasteiger charge is -2.71. The molecule has 1 aliphatic heterocycles. The number of fused-ring (bicyclic) bond motifs is 1. The van der Waals surface area contributed by atoms with Crippen molar-refractivity contribution in [1.29, 1.82) is 0 Å². The maximum atomic E-state index is 13.7. The number of allylic oxidation sites excluding steroid dienone is 1. The molecule has 8 fully saturated rings. The summed E-state index contributed by atoms with van der Waals surface area (Å²) in [4.78, 5) is 53.6. The number of nitrogens with zero attached hydrogens (tertiary/aromatic N) is 1. The van der Waals surface area contributed by atoms with Gasteiger partial charge in [0.1, 0.15) is 0 Å². The number of aliphatic hydroxyl groups excluding tert-OH is 1. The number of halogens is 2. The molecule has 8 aliphatic carbocycles. The third-order valence-electron chi connectivity index (χ3n) is 19.6. The van der Waals surface area contributed by atoms with Crippen molar-refractivity contribution in [3.8, 4) is 0 Å². The number of nitrogens with one attached hydrogen (secondary N) is 1. The Labute approximate surface area is 435 Å². The first-order valence-corrected chi connectivity index (χ1v) is 27.2. The fraction of sp³-hybridized carbons (Fsp3) is 0.700. The molecule has 5 atom stereocenters. The third-order valence-corrected chi connectivity index (χ3v) is 20.3. The van der Waals surface area contributed by atoms with Crippen LogP contribution in [0.25, 0.3) is 0 Å². The quantitative estimate of drug-likeness (QED) is 0.192. The summed E-state index contributed by atoms with van der Waals surface area (Å²) in [6.45, 7) is 27.1. The van der Waals surface area contributed by atoms with Crippen LogP contribution in [0.5, 0.6) is 0 Å². The average molecular weight is 1020 g/mol. The van der Waals surface area contributed by atoms with Crippen molar-refractivity contribution in [3.63, 3.8) is 0 Å². The SMILES string of the molecule is COC(=O)C12CC(N3C=C4C(C)C(C)(C)CC4(c4ccc(CCC(C)(C)C)c(Cl)c4)CC3=O)(C1)C2.COC(=O)C12CC(NC(=O)CC3(c4ccc(CCC(C)(C)C)c(Cl)c4)CC(C)(C)C(C)C3CO)(C1)C2. The van der Waals surface area contributed by atoms with Gasteiger partial charge >= 0.3 is 11.9 Å². The molecule has 0 radical (unpaired) electrons. The van der Waals surface area contributed by atoms with Gasteiger partial charge in [0, 0.05) is 52.1 Å². The van der Waals surface area contributed by atoms with Crippen LogP contribution < -0.4 is 5.32 Å². The fourth-order valence-electron chi connectivity index (χ4n) is 15.2. The van der Waals surface area contributed by atoms with E-state index in [1.54, 1.807) is 0 Å². The molecule has 11 rings (SSSR count). The van der Waals surface area contributed by atoms with Crippen LogP contribution in [-0.2, 0) is 52.3 Å². The molecule has 5 unspecified atom stereocenters. The van der Waals surface area contributed by atoms with Crippen LogP contribution in [0.3, 0.4) is 0 Å². The van der Waals surface area contributed by atoms with E-state index in [-0.39, 0.29) is 85.8 Å². The second-order valence-corrected chi connectivity index (χ2v) is 28.8. The number of aliphatic hydroxyl groups is 1. The van der Waals surface area contributed by atoms with Crippen molar-refractivity contribution in [3.05, 3.63) is 80.5 Å². The van der Waals surface area contributed by atoms with Gasteiger partial charge in [0.05, 0.1) is 30.6 Å². The lowest BCUT2D eigenvalue weighted by Crippen LogP contribution is -2.77. The highest BCUT2D eigenvalue weighted by atomic mass is 35.5. The molecule has 2 N–H and O–H groups in total. The number of rotatable bonds is 13. The standard InChI is InChI=1S/C30H44ClNO4.C30H40ClNO3/c1-19-22(14-33)30(15-27(19,5)6,21-9-8-20(23(31)12-21)10-11-26(2,3)4)13-24(34)32-29-16-28(17-29,18-29)25(35)36-7;1-19-22-14-32(29-16-28(17-29,18-29)25(34)35-7)24(33)13-30(22,15-27(19,5)6)21-9-8-20(23(31)12-21)10-11-26(2,3)4/h8-9,12,19,22,33H,10-11,13-18H2,1-7H3,(H,32,34);8-9,12,14,19H,10-11,13,15-18H2,1-7H3. The number of aryl methyl sites for hydroxylation is 2. The molecule has 0 spiro atoms. The first-order valence-electron chi connectivity index (χ1n) is 26.5. The number of ether oxygens (including phenoxy) is 2. The minimum Gasteiger partial charge on any atom is -0.469 e. The zero-order valence-corrected chi connectivity index (χ0v) is 47.0. The van der Waals surface area contributed by atoms with Gasteiger partial charge < -0.3 is 24.8 Å². The highest BCUT2D eigenvalue weighted by Crippen LogP contribution is 2.72. The molecule has 390 valence electrons. The molecular weight excluding hydrogens is 932 g/mol. The van der Waals surface area contributed by atoms with E-state index in [1.807, 2.05) is 4.90 Å². The Morgan fingerprint density at radius 1 is 0.732 bits per heavy atom. The summed E-state index contributed by atoms with van der Waals surface area (Å²) in [7, 11) is 2.88. The van der Waals surface area contributed by atoms with E-state index < -0.39 is 10.8 Å². The lowest BCUT2D eigenvalue weighted by molar-refractivity contribution is -0.226. The molecule has 9 nitrogen and oxygen atoms in total. The molecule has 71 heavy (non-hydrogen) atoms. The molecule has 9 aliphatic rings. The maximum Gasteiger partial charge on any atom is 0.312 e. The Kier molecular flexibility index (Phi) is 13.6. The van der Waals surface area contributed by atoms with Crippen molar-refractivity contribution in [2.45, 2.75) is 195 Å². The molecule has 11 heteroatoms. The summed E-state index contributed by atoms with van der Waals surface area (Å²) >= 11 is 13.7. The molecule has 4 bridgehead atoms. The van der Waals surface area contributed by atoms with Crippen LogP contribution in [0.1, 0.15) is 182 Å². The van der Waals surface area contributed by atoms with E-state index >= 15 is 0 Å². The summed E-state index contributed by atoms with van der Waals surface area (Å²) in [5.74, 6) is 0.412. The van der Waals surface area contributed by atoms with E-state index in [9.17, 15) is 24.3 Å². The summed E-state index contributed by atoms with van der Waals surface area (Å²) in [5, 5.41) is 15.4. The zero-order chi connectivity index (χ0) is 52.3. The van der Waals surface area contributed by atoms with Gasteiger partial charge in [0.2, 0.25) is 11.8 Å². The Bertz CT molecular complexity index is 2470.